The first kappa shape index (κ1) is 23.4. The minimum atomic E-state index is -0.576. The third kappa shape index (κ3) is 4.36. The predicted octanol–water partition coefficient (Wildman–Crippen LogP) is 5.94. The summed E-state index contributed by atoms with van der Waals surface area (Å²) in [4.78, 5) is 38.0. The van der Waals surface area contributed by atoms with Crippen molar-refractivity contribution >= 4 is 56.5 Å². The Kier molecular flexibility index (Phi) is 5.94. The molecule has 3 heterocycles. The van der Waals surface area contributed by atoms with E-state index in [-0.39, 0.29) is 11.9 Å². The average Bonchev–Trinajstić information content (AvgIpc) is 3.15. The van der Waals surface area contributed by atoms with Gasteiger partial charge >= 0.3 is 6.09 Å². The molecule has 2 aliphatic rings. The van der Waals surface area contributed by atoms with Gasteiger partial charge in [0, 0.05) is 13.1 Å². The summed E-state index contributed by atoms with van der Waals surface area (Å²) in [6.45, 7) is 4.97. The lowest BCUT2D eigenvalue weighted by Crippen LogP contribution is -2.46. The lowest BCUT2D eigenvalue weighted by atomic mass is 10.1. The standard InChI is InChI=1S/C26H23ClN4O3S2/c1-13-5-3-6-15(9-13)23-22(29-14(2)35-23)24(32)31-12-16-10-17(16)18(31)11-28-26(33)34-19-7-4-8-20-21(19)30-25(27)36-20/h3-9,16-18H,10-12H2,1-2H3,(H,28,33)/t16-,17-,18+/m0/s1. The van der Waals surface area contributed by atoms with Crippen LogP contribution in [0.25, 0.3) is 20.7 Å². The van der Waals surface area contributed by atoms with Crippen LogP contribution in [0.5, 0.6) is 5.75 Å². The number of hydrogen-bond acceptors (Lipinski definition) is 7. The molecule has 1 aliphatic heterocycles. The van der Waals surface area contributed by atoms with E-state index in [9.17, 15) is 9.59 Å². The number of aromatic nitrogens is 2. The number of fused-ring (bicyclic) bond motifs is 2. The van der Waals surface area contributed by atoms with Gasteiger partial charge in [0.15, 0.2) is 10.2 Å². The number of piperidine rings is 1. The summed E-state index contributed by atoms with van der Waals surface area (Å²) < 4.78 is 6.78. The Bertz CT molecular complexity index is 1500. The highest BCUT2D eigenvalue weighted by atomic mass is 35.5. The number of para-hydroxylation sites is 1. The Balaban J connectivity index is 1.18. The van der Waals surface area contributed by atoms with Crippen LogP contribution in [-0.4, -0.2) is 46.0 Å². The molecule has 7 nitrogen and oxygen atoms in total. The molecule has 2 amide bonds. The molecule has 3 atom stereocenters. The molecule has 36 heavy (non-hydrogen) atoms. The maximum Gasteiger partial charge on any atom is 0.412 e. The molecule has 2 fully saturated rings. The van der Waals surface area contributed by atoms with Crippen molar-refractivity contribution in [3.05, 3.63) is 63.2 Å². The number of nitrogens with one attached hydrogen (secondary N) is 1. The highest BCUT2D eigenvalue weighted by Gasteiger charge is 2.54. The normalized spacial score (nSPS) is 20.4. The molecule has 0 bridgehead atoms. The van der Waals surface area contributed by atoms with Gasteiger partial charge in [0.2, 0.25) is 0 Å². The third-order valence-electron chi connectivity index (χ3n) is 6.79. The van der Waals surface area contributed by atoms with E-state index in [1.165, 1.54) is 22.7 Å². The molecule has 6 rings (SSSR count). The summed E-state index contributed by atoms with van der Waals surface area (Å²) in [5.74, 6) is 1.14. The zero-order valence-electron chi connectivity index (χ0n) is 19.7. The molecule has 4 aromatic rings. The average molecular weight is 539 g/mol. The molecule has 10 heteroatoms. The molecule has 0 unspecified atom stereocenters. The van der Waals surface area contributed by atoms with Crippen LogP contribution < -0.4 is 10.1 Å². The van der Waals surface area contributed by atoms with E-state index in [4.69, 9.17) is 16.3 Å². The Hall–Kier alpha value is -3.01. The van der Waals surface area contributed by atoms with E-state index in [1.54, 1.807) is 12.1 Å². The molecule has 2 aromatic carbocycles. The zero-order valence-corrected chi connectivity index (χ0v) is 22.0. The molecule has 1 saturated carbocycles. The van der Waals surface area contributed by atoms with Crippen LogP contribution in [0.2, 0.25) is 4.47 Å². The maximum absolute atomic E-state index is 13.7. The van der Waals surface area contributed by atoms with Gasteiger partial charge in [-0.2, -0.15) is 0 Å². The van der Waals surface area contributed by atoms with Crippen LogP contribution in [0, 0.1) is 25.7 Å². The summed E-state index contributed by atoms with van der Waals surface area (Å²) in [5.41, 5.74) is 3.19. The smallest absolute Gasteiger partial charge is 0.408 e. The quantitative estimate of drug-likeness (QED) is 0.340. The van der Waals surface area contributed by atoms with Crippen LogP contribution in [0.15, 0.2) is 42.5 Å². The van der Waals surface area contributed by atoms with Gasteiger partial charge in [-0.1, -0.05) is 47.5 Å². The van der Waals surface area contributed by atoms with Crippen LogP contribution in [0.3, 0.4) is 0 Å². The number of hydrogen-bond donors (Lipinski definition) is 1. The topological polar surface area (TPSA) is 84.4 Å². The van der Waals surface area contributed by atoms with Gasteiger partial charge in [-0.05, 0) is 49.8 Å². The highest BCUT2D eigenvalue weighted by molar-refractivity contribution is 7.22. The van der Waals surface area contributed by atoms with Crippen molar-refractivity contribution in [1.82, 2.24) is 20.2 Å². The second-order valence-corrected chi connectivity index (χ2v) is 12.1. The Morgan fingerprint density at radius 2 is 2.00 bits per heavy atom. The molecule has 0 radical (unpaired) electrons. The first-order valence-electron chi connectivity index (χ1n) is 11.7. The predicted molar refractivity (Wildman–Crippen MR) is 142 cm³/mol. The van der Waals surface area contributed by atoms with Gasteiger partial charge in [0.1, 0.15) is 11.2 Å². The lowest BCUT2D eigenvalue weighted by molar-refractivity contribution is 0.0700. The Morgan fingerprint density at radius 1 is 1.17 bits per heavy atom. The SMILES string of the molecule is Cc1cccc(-c2sc(C)nc2C(=O)N2C[C@@H]3C[C@@H]3[C@H]2CNC(=O)Oc2cccc3sc(Cl)nc23)c1. The molecule has 1 N–H and O–H groups in total. The minimum absolute atomic E-state index is 0.0786. The molecule has 2 aromatic heterocycles. The number of aryl methyl sites for hydroxylation is 2. The number of carbonyl (C=O) groups is 2. The van der Waals surface area contributed by atoms with E-state index >= 15 is 0 Å². The van der Waals surface area contributed by atoms with Crippen molar-refractivity contribution in [2.24, 2.45) is 11.8 Å². The summed E-state index contributed by atoms with van der Waals surface area (Å²) >= 11 is 8.89. The molecule has 0 spiro atoms. The Morgan fingerprint density at radius 3 is 2.83 bits per heavy atom. The molecule has 1 aliphatic carbocycles. The summed E-state index contributed by atoms with van der Waals surface area (Å²) in [6, 6.07) is 13.4. The van der Waals surface area contributed by atoms with Gasteiger partial charge in [0.25, 0.3) is 5.91 Å². The van der Waals surface area contributed by atoms with Gasteiger partial charge in [-0.25, -0.2) is 14.8 Å². The fourth-order valence-electron chi connectivity index (χ4n) is 5.06. The number of halogens is 1. The van der Waals surface area contributed by atoms with E-state index in [0.29, 0.717) is 46.4 Å². The summed E-state index contributed by atoms with van der Waals surface area (Å²) in [7, 11) is 0. The number of rotatable bonds is 5. The second-order valence-electron chi connectivity index (χ2n) is 9.30. The fourth-order valence-corrected chi connectivity index (χ4v) is 7.01. The van der Waals surface area contributed by atoms with Gasteiger partial charge < -0.3 is 15.0 Å². The fraction of sp³-hybridized carbons (Fsp3) is 0.308. The maximum atomic E-state index is 13.7. The van der Waals surface area contributed by atoms with Crippen LogP contribution in [0.4, 0.5) is 4.79 Å². The first-order valence-corrected chi connectivity index (χ1v) is 13.7. The van der Waals surface area contributed by atoms with Gasteiger partial charge in [-0.3, -0.25) is 4.79 Å². The van der Waals surface area contributed by atoms with Crippen LogP contribution in [-0.2, 0) is 0 Å². The summed E-state index contributed by atoms with van der Waals surface area (Å²) in [5, 5.41) is 3.72. The minimum Gasteiger partial charge on any atom is -0.408 e. The first-order chi connectivity index (χ1) is 17.4. The number of thiazole rings is 2. The number of benzene rings is 2. The highest BCUT2D eigenvalue weighted by Crippen LogP contribution is 2.50. The third-order valence-corrected chi connectivity index (χ3v) is 8.94. The van der Waals surface area contributed by atoms with Crippen LogP contribution >= 0.6 is 34.3 Å². The van der Waals surface area contributed by atoms with Gasteiger partial charge in [-0.15, -0.1) is 22.7 Å². The summed E-state index contributed by atoms with van der Waals surface area (Å²) in [6.07, 6.45) is 0.496. The van der Waals surface area contributed by atoms with Crippen LogP contribution in [0.1, 0.15) is 27.5 Å². The van der Waals surface area contributed by atoms with Gasteiger partial charge in [0.05, 0.1) is 20.6 Å². The van der Waals surface area contributed by atoms with Crippen molar-refractivity contribution in [3.8, 4) is 16.2 Å². The van der Waals surface area contributed by atoms with E-state index in [0.717, 1.165) is 32.1 Å². The number of amides is 2. The Labute approximate surface area is 221 Å². The van der Waals surface area contributed by atoms with Crippen molar-refractivity contribution in [3.63, 3.8) is 0 Å². The number of likely N-dealkylation sites (tertiary alicyclic amines) is 1. The van der Waals surface area contributed by atoms with E-state index in [1.807, 2.05) is 43.0 Å². The monoisotopic (exact) mass is 538 g/mol. The number of nitrogens with zero attached hydrogens (tertiary/aromatic N) is 3. The second kappa shape index (κ2) is 9.14. The van der Waals surface area contributed by atoms with Crippen molar-refractivity contribution in [2.45, 2.75) is 26.3 Å². The zero-order chi connectivity index (χ0) is 25.0. The van der Waals surface area contributed by atoms with E-state index in [2.05, 4.69) is 21.4 Å². The van der Waals surface area contributed by atoms with Crippen molar-refractivity contribution < 1.29 is 14.3 Å². The van der Waals surface area contributed by atoms with E-state index < -0.39 is 6.09 Å². The lowest BCUT2D eigenvalue weighted by Gasteiger charge is -2.27. The molecule has 1 saturated heterocycles. The van der Waals surface area contributed by atoms with Crippen molar-refractivity contribution in [1.29, 1.82) is 0 Å². The molecule has 184 valence electrons. The van der Waals surface area contributed by atoms with Crippen molar-refractivity contribution in [2.75, 3.05) is 13.1 Å². The number of carbonyl (C=O) groups excluding carboxylic acids is 2. The largest absolute Gasteiger partial charge is 0.412 e. The molecular weight excluding hydrogens is 516 g/mol. The molecular formula is C26H23ClN4O3S2. The number of ether oxygens (including phenoxy) is 1.